The molecule has 1 unspecified atom stereocenters. The Morgan fingerprint density at radius 3 is 2.72 bits per heavy atom. The minimum absolute atomic E-state index is 0.170. The SMILES string of the molecule is COc1cc(N(C)C)ccc1C(=O)NC1(C)CCCn2c1nc(-c1ccncn1)cc2=O. The lowest BCUT2D eigenvalue weighted by Crippen LogP contribution is -2.50. The van der Waals surface area contributed by atoms with E-state index in [0.29, 0.717) is 41.5 Å². The van der Waals surface area contributed by atoms with Gasteiger partial charge in [0.15, 0.2) is 0 Å². The number of carbonyl (C=O) groups excluding carboxylic acids is 1. The zero-order valence-corrected chi connectivity index (χ0v) is 18.6. The van der Waals surface area contributed by atoms with E-state index in [0.717, 1.165) is 12.1 Å². The lowest BCUT2D eigenvalue weighted by Gasteiger charge is -2.36. The van der Waals surface area contributed by atoms with Gasteiger partial charge in [0.25, 0.3) is 11.5 Å². The molecule has 3 aromatic rings. The molecule has 9 nitrogen and oxygen atoms in total. The third-order valence-corrected chi connectivity index (χ3v) is 5.74. The Morgan fingerprint density at radius 1 is 1.22 bits per heavy atom. The molecular weight excluding hydrogens is 408 g/mol. The van der Waals surface area contributed by atoms with E-state index in [9.17, 15) is 9.59 Å². The predicted molar refractivity (Wildman–Crippen MR) is 121 cm³/mol. The largest absolute Gasteiger partial charge is 0.496 e. The third kappa shape index (κ3) is 3.93. The summed E-state index contributed by atoms with van der Waals surface area (Å²) in [7, 11) is 5.39. The molecule has 3 heterocycles. The molecule has 0 saturated heterocycles. The number of aromatic nitrogens is 4. The molecule has 1 aromatic carbocycles. The Bertz CT molecular complexity index is 1210. The Labute approximate surface area is 186 Å². The van der Waals surface area contributed by atoms with Gasteiger partial charge in [0.2, 0.25) is 0 Å². The van der Waals surface area contributed by atoms with Crippen molar-refractivity contribution in [3.8, 4) is 17.1 Å². The van der Waals surface area contributed by atoms with Gasteiger partial charge in [0, 0.05) is 44.7 Å². The predicted octanol–water partition coefficient (Wildman–Crippen LogP) is 2.21. The maximum Gasteiger partial charge on any atom is 0.255 e. The van der Waals surface area contributed by atoms with Crippen LogP contribution in [0.3, 0.4) is 0 Å². The Kier molecular flexibility index (Phi) is 5.65. The van der Waals surface area contributed by atoms with E-state index in [-0.39, 0.29) is 11.5 Å². The molecular formula is C23H26N6O3. The van der Waals surface area contributed by atoms with Crippen molar-refractivity contribution in [2.75, 3.05) is 26.1 Å². The van der Waals surface area contributed by atoms with E-state index in [1.54, 1.807) is 22.9 Å². The third-order valence-electron chi connectivity index (χ3n) is 5.74. The number of hydrogen-bond donors (Lipinski definition) is 1. The molecule has 1 atom stereocenters. The van der Waals surface area contributed by atoms with Gasteiger partial charge in [0.05, 0.1) is 29.6 Å². The van der Waals surface area contributed by atoms with E-state index in [1.807, 2.05) is 38.1 Å². The van der Waals surface area contributed by atoms with Crippen LogP contribution >= 0.6 is 0 Å². The molecule has 1 amide bonds. The first kappa shape index (κ1) is 21.5. The highest BCUT2D eigenvalue weighted by Gasteiger charge is 2.37. The highest BCUT2D eigenvalue weighted by Crippen LogP contribution is 2.32. The summed E-state index contributed by atoms with van der Waals surface area (Å²) in [4.78, 5) is 40.9. The lowest BCUT2D eigenvalue weighted by atomic mass is 9.90. The molecule has 1 aliphatic heterocycles. The quantitative estimate of drug-likeness (QED) is 0.657. The molecule has 166 valence electrons. The Morgan fingerprint density at radius 2 is 2.03 bits per heavy atom. The van der Waals surface area contributed by atoms with E-state index < -0.39 is 5.54 Å². The number of nitrogens with one attached hydrogen (secondary N) is 1. The molecule has 0 aliphatic carbocycles. The first-order valence-corrected chi connectivity index (χ1v) is 10.4. The smallest absolute Gasteiger partial charge is 0.255 e. The molecule has 2 aromatic heterocycles. The number of fused-ring (bicyclic) bond motifs is 1. The van der Waals surface area contributed by atoms with Crippen LogP contribution < -0.4 is 20.5 Å². The molecule has 9 heteroatoms. The molecule has 1 N–H and O–H groups in total. The van der Waals surface area contributed by atoms with Crippen molar-refractivity contribution < 1.29 is 9.53 Å². The number of nitrogens with zero attached hydrogens (tertiary/aromatic N) is 5. The van der Waals surface area contributed by atoms with E-state index in [4.69, 9.17) is 9.72 Å². The molecule has 32 heavy (non-hydrogen) atoms. The van der Waals surface area contributed by atoms with Crippen LogP contribution in [0.1, 0.15) is 35.9 Å². The van der Waals surface area contributed by atoms with Crippen molar-refractivity contribution >= 4 is 11.6 Å². The molecule has 0 bridgehead atoms. The first-order chi connectivity index (χ1) is 15.3. The monoisotopic (exact) mass is 434 g/mol. The number of benzene rings is 1. The van der Waals surface area contributed by atoms with E-state index in [1.165, 1.54) is 19.5 Å². The summed E-state index contributed by atoms with van der Waals surface area (Å²) in [5.41, 5.74) is 1.36. The van der Waals surface area contributed by atoms with Gasteiger partial charge in [0.1, 0.15) is 17.9 Å². The summed E-state index contributed by atoms with van der Waals surface area (Å²) < 4.78 is 7.10. The van der Waals surface area contributed by atoms with E-state index >= 15 is 0 Å². The van der Waals surface area contributed by atoms with Gasteiger partial charge in [-0.05, 0) is 38.0 Å². The number of anilines is 1. The van der Waals surface area contributed by atoms with Crippen molar-refractivity contribution in [1.82, 2.24) is 24.8 Å². The average Bonchev–Trinajstić information content (AvgIpc) is 2.79. The van der Waals surface area contributed by atoms with Crippen LogP contribution in [0.25, 0.3) is 11.4 Å². The molecule has 0 radical (unpaired) electrons. The van der Waals surface area contributed by atoms with Crippen LogP contribution in [0.4, 0.5) is 5.69 Å². The highest BCUT2D eigenvalue weighted by atomic mass is 16.5. The zero-order chi connectivity index (χ0) is 22.9. The average molecular weight is 435 g/mol. The zero-order valence-electron chi connectivity index (χ0n) is 18.6. The molecule has 0 spiro atoms. The van der Waals surface area contributed by atoms with Crippen molar-refractivity contribution in [1.29, 1.82) is 0 Å². The fourth-order valence-electron chi connectivity index (χ4n) is 4.00. The number of hydrogen-bond acceptors (Lipinski definition) is 7. The summed E-state index contributed by atoms with van der Waals surface area (Å²) in [5.74, 6) is 0.708. The summed E-state index contributed by atoms with van der Waals surface area (Å²) >= 11 is 0. The molecule has 1 aliphatic rings. The lowest BCUT2D eigenvalue weighted by molar-refractivity contribution is 0.0877. The van der Waals surface area contributed by atoms with Crippen LogP contribution in [0.15, 0.2) is 47.7 Å². The normalized spacial score (nSPS) is 17.4. The van der Waals surface area contributed by atoms with E-state index in [2.05, 4.69) is 15.3 Å². The summed E-state index contributed by atoms with van der Waals surface area (Å²) in [6.07, 6.45) is 4.41. The number of carbonyl (C=O) groups is 1. The minimum atomic E-state index is -0.831. The topological polar surface area (TPSA) is 102 Å². The summed E-state index contributed by atoms with van der Waals surface area (Å²) in [6.45, 7) is 2.45. The maximum atomic E-state index is 13.3. The number of amides is 1. The summed E-state index contributed by atoms with van der Waals surface area (Å²) in [6, 6.07) is 8.61. The second kappa shape index (κ2) is 8.41. The first-order valence-electron chi connectivity index (χ1n) is 10.4. The molecule has 0 saturated carbocycles. The number of rotatable bonds is 5. The fourth-order valence-corrected chi connectivity index (χ4v) is 4.00. The number of ether oxygens (including phenoxy) is 1. The maximum absolute atomic E-state index is 13.3. The van der Waals surface area contributed by atoms with Gasteiger partial charge < -0.3 is 15.0 Å². The molecule has 4 rings (SSSR count). The van der Waals surface area contributed by atoms with Crippen molar-refractivity contribution in [2.24, 2.45) is 0 Å². The minimum Gasteiger partial charge on any atom is -0.496 e. The Balaban J connectivity index is 1.73. The molecule has 0 fully saturated rings. The second-order valence-electron chi connectivity index (χ2n) is 8.22. The van der Waals surface area contributed by atoms with Gasteiger partial charge in [-0.2, -0.15) is 0 Å². The summed E-state index contributed by atoms with van der Waals surface area (Å²) in [5, 5.41) is 3.11. The van der Waals surface area contributed by atoms with Gasteiger partial charge >= 0.3 is 0 Å². The van der Waals surface area contributed by atoms with Gasteiger partial charge in [-0.25, -0.2) is 15.0 Å². The van der Waals surface area contributed by atoms with Crippen LogP contribution in [-0.4, -0.2) is 46.6 Å². The van der Waals surface area contributed by atoms with Crippen LogP contribution in [-0.2, 0) is 12.1 Å². The Hall–Kier alpha value is -3.75. The van der Waals surface area contributed by atoms with Gasteiger partial charge in [-0.3, -0.25) is 14.2 Å². The van der Waals surface area contributed by atoms with Crippen molar-refractivity contribution in [3.63, 3.8) is 0 Å². The standard InChI is InChI=1S/C23H26N6O3/c1-23(27-21(31)16-7-6-15(28(2)3)12-19(16)32-4)9-5-11-29-20(30)13-18(26-22(23)29)17-8-10-24-14-25-17/h6-8,10,12-14H,5,9,11H2,1-4H3,(H,27,31). The van der Waals surface area contributed by atoms with Crippen molar-refractivity contribution in [2.45, 2.75) is 31.8 Å². The highest BCUT2D eigenvalue weighted by molar-refractivity contribution is 5.98. The second-order valence-corrected chi connectivity index (χ2v) is 8.22. The van der Waals surface area contributed by atoms with Crippen LogP contribution in [0.5, 0.6) is 5.75 Å². The van der Waals surface area contributed by atoms with Crippen molar-refractivity contribution in [3.05, 3.63) is 64.6 Å². The van der Waals surface area contributed by atoms with Gasteiger partial charge in [-0.15, -0.1) is 0 Å². The number of methoxy groups -OCH3 is 1. The van der Waals surface area contributed by atoms with Crippen LogP contribution in [0.2, 0.25) is 0 Å². The van der Waals surface area contributed by atoms with Gasteiger partial charge in [-0.1, -0.05) is 0 Å². The fraction of sp³-hybridized carbons (Fsp3) is 0.348. The van der Waals surface area contributed by atoms with Crippen LogP contribution in [0, 0.1) is 0 Å².